The average molecular weight is 1080 g/mol. The van der Waals surface area contributed by atoms with Crippen molar-refractivity contribution in [2.24, 2.45) is 0 Å². The lowest BCUT2D eigenvalue weighted by Gasteiger charge is -2.21. The molecule has 0 fully saturated rings. The molecule has 2 aliphatic rings. The van der Waals surface area contributed by atoms with E-state index in [-0.39, 0.29) is 35.5 Å². The predicted molar refractivity (Wildman–Crippen MR) is 300 cm³/mol. The molecule has 0 radical (unpaired) electrons. The third-order valence-electron chi connectivity index (χ3n) is 13.6. The van der Waals surface area contributed by atoms with Crippen LogP contribution in [0, 0.1) is 0 Å². The lowest BCUT2D eigenvalue weighted by molar-refractivity contribution is 0.276. The number of anilines is 2. The molecule has 6 aromatic carbocycles. The molecule has 2 aromatic heterocycles. The van der Waals surface area contributed by atoms with Crippen molar-refractivity contribution in [2.45, 2.75) is 87.6 Å². The third kappa shape index (κ3) is 14.2. The van der Waals surface area contributed by atoms with Crippen molar-refractivity contribution in [1.82, 2.24) is 23.9 Å². The van der Waals surface area contributed by atoms with E-state index in [1.54, 1.807) is 49.5 Å². The third-order valence-corrected chi connectivity index (χ3v) is 16.2. The van der Waals surface area contributed by atoms with Gasteiger partial charge in [-0.1, -0.05) is 72.8 Å². The molecule has 0 saturated carbocycles. The predicted octanol–water partition coefficient (Wildman–Crippen LogP) is 9.30. The summed E-state index contributed by atoms with van der Waals surface area (Å²) in [6.07, 6.45) is 12.3. The standard InChI is InChI=1S/C37H40N4O5S.C15H15NO.C7H12N2O3S/c1-44-31-15-10-27(11-16-31)25-41(26-28-12-17-32(45-2)18-13-28)47(42,43)36-20-22-40(39-36)21-5-23-46-33-8-3-7-30(24-33)35-19-14-29-6-4-9-34(29)37(35)38;16-15-13-6-2-3-10(13)7-8-14(15)11-4-1-5-12(17)9-11;1-13(11,12)7-3-5-9(8-7)4-2-6-10/h3,7-8,10-20,22,24H,4-6,9,21,23,25-26,38H2,1-2H3;1,4-5,7-9,17H,2-3,6,16H2;3,5,10H,2,4,6H2,1H3. The minimum Gasteiger partial charge on any atom is -0.508 e. The van der Waals surface area contributed by atoms with E-state index >= 15 is 0 Å². The van der Waals surface area contributed by atoms with Gasteiger partial charge in [-0.25, -0.2) is 16.8 Å². The number of nitrogen functional groups attached to an aromatic ring is 2. The van der Waals surface area contributed by atoms with E-state index in [2.05, 4.69) is 40.5 Å². The van der Waals surface area contributed by atoms with Crippen molar-refractivity contribution < 1.29 is 41.3 Å². The van der Waals surface area contributed by atoms with E-state index in [0.29, 0.717) is 44.0 Å². The number of aryl methyl sites for hydroxylation is 4. The quantitative estimate of drug-likeness (QED) is 0.0438. The fourth-order valence-electron chi connectivity index (χ4n) is 9.47. The van der Waals surface area contributed by atoms with Crippen molar-refractivity contribution in [3.8, 4) is 45.3 Å². The van der Waals surface area contributed by atoms with Crippen LogP contribution in [0.15, 0.2) is 156 Å². The van der Waals surface area contributed by atoms with Crippen LogP contribution in [0.1, 0.15) is 59.1 Å². The lowest BCUT2D eigenvalue weighted by atomic mass is 9.97. The van der Waals surface area contributed by atoms with E-state index in [0.717, 1.165) is 88.9 Å². The van der Waals surface area contributed by atoms with E-state index in [9.17, 15) is 21.9 Å². The zero-order chi connectivity index (χ0) is 54.5. The van der Waals surface area contributed by atoms with Crippen LogP contribution < -0.4 is 25.7 Å². The minimum atomic E-state index is -3.92. The van der Waals surface area contributed by atoms with Gasteiger partial charge in [0.05, 0.1) is 20.8 Å². The largest absolute Gasteiger partial charge is 0.508 e. The molecule has 8 aromatic rings. The summed E-state index contributed by atoms with van der Waals surface area (Å²) in [6, 6.07) is 41.5. The Balaban J connectivity index is 0.000000210. The molecule has 0 unspecified atom stereocenters. The Morgan fingerprint density at radius 3 is 1.61 bits per heavy atom. The van der Waals surface area contributed by atoms with Gasteiger partial charge in [-0.3, -0.25) is 9.36 Å². The summed E-state index contributed by atoms with van der Waals surface area (Å²) in [5.41, 5.74) is 25.6. The fraction of sp³-hybridized carbons (Fsp3) is 0.288. The zero-order valence-electron chi connectivity index (χ0n) is 43.7. The second-order valence-corrected chi connectivity index (χ2v) is 22.8. The monoisotopic (exact) mass is 1080 g/mol. The molecule has 77 heavy (non-hydrogen) atoms. The number of aromatic nitrogens is 4. The Labute approximate surface area is 451 Å². The van der Waals surface area contributed by atoms with Crippen LogP contribution in [0.25, 0.3) is 22.3 Å². The second kappa shape index (κ2) is 25.5. The molecule has 0 atom stereocenters. The summed E-state index contributed by atoms with van der Waals surface area (Å²) in [5.74, 6) is 2.45. The van der Waals surface area contributed by atoms with E-state index < -0.39 is 19.9 Å². The Hall–Kier alpha value is -7.64. The SMILES string of the molecule is COc1ccc(CN(Cc2ccc(OC)cc2)S(=O)(=O)c2ccn(CCCOc3cccc(-c4ccc5c(c4N)CCC5)c3)n2)cc1.CS(=O)(=O)c1ccn(CCCO)n1.Nc1c(-c2cccc(O)c2)ccc2c1CCC2. The number of nitrogens with zero attached hydrogens (tertiary/aromatic N) is 5. The highest BCUT2D eigenvalue weighted by atomic mass is 32.2. The van der Waals surface area contributed by atoms with Gasteiger partial charge in [0.2, 0.25) is 0 Å². The number of methoxy groups -OCH3 is 2. The number of phenolic OH excluding ortho intramolecular Hbond substituents is 1. The molecule has 16 nitrogen and oxygen atoms in total. The van der Waals surface area contributed by atoms with E-state index in [4.69, 9.17) is 30.8 Å². The number of sulfonamides is 1. The van der Waals surface area contributed by atoms with Crippen molar-refractivity contribution in [2.75, 3.05) is 45.2 Å². The second-order valence-electron chi connectivity index (χ2n) is 19.0. The van der Waals surface area contributed by atoms with Gasteiger partial charge in [-0.15, -0.1) is 0 Å². The van der Waals surface area contributed by atoms with Gasteiger partial charge in [0.15, 0.2) is 19.9 Å². The highest BCUT2D eigenvalue weighted by Crippen LogP contribution is 2.38. The van der Waals surface area contributed by atoms with Gasteiger partial charge >= 0.3 is 0 Å². The number of hydrogen-bond donors (Lipinski definition) is 4. The molecule has 18 heteroatoms. The number of nitrogens with two attached hydrogens (primary N) is 2. The average Bonchev–Trinajstić information content (AvgIpc) is 4.31. The smallest absolute Gasteiger partial charge is 0.262 e. The summed E-state index contributed by atoms with van der Waals surface area (Å²) in [4.78, 5) is 0. The number of aromatic hydroxyl groups is 1. The topological polar surface area (TPSA) is 227 Å². The van der Waals surface area contributed by atoms with Gasteiger partial charge in [-0.05, 0) is 150 Å². The Morgan fingerprint density at radius 2 is 1.10 bits per heavy atom. The first-order chi connectivity index (χ1) is 37.1. The maximum atomic E-state index is 13.9. The first kappa shape index (κ1) is 55.6. The summed E-state index contributed by atoms with van der Waals surface area (Å²) in [6.45, 7) is 1.92. The number of benzene rings is 6. The van der Waals surface area contributed by atoms with Gasteiger partial charge < -0.3 is 35.9 Å². The van der Waals surface area contributed by atoms with Crippen LogP contribution in [0.3, 0.4) is 0 Å². The summed E-state index contributed by atoms with van der Waals surface area (Å²) >= 11 is 0. The molecule has 10 rings (SSSR count). The number of rotatable bonds is 19. The maximum Gasteiger partial charge on any atom is 0.262 e. The molecular formula is C59H67N7O9S2. The Morgan fingerprint density at radius 1 is 0.597 bits per heavy atom. The molecule has 404 valence electrons. The number of ether oxygens (including phenoxy) is 3. The van der Waals surface area contributed by atoms with Crippen molar-refractivity contribution in [3.05, 3.63) is 179 Å². The molecule has 0 spiro atoms. The van der Waals surface area contributed by atoms with Crippen LogP contribution in [0.4, 0.5) is 11.4 Å². The highest BCUT2D eigenvalue weighted by molar-refractivity contribution is 7.90. The normalized spacial score (nSPS) is 12.7. The zero-order valence-corrected chi connectivity index (χ0v) is 45.3. The number of phenols is 1. The summed E-state index contributed by atoms with van der Waals surface area (Å²) in [7, 11) is -3.93. The maximum absolute atomic E-state index is 13.9. The Bertz CT molecular complexity index is 3440. The van der Waals surface area contributed by atoms with Crippen molar-refractivity contribution >= 4 is 31.2 Å². The number of aliphatic hydroxyl groups excluding tert-OH is 1. The first-order valence-corrected chi connectivity index (χ1v) is 28.9. The molecule has 2 heterocycles. The Kier molecular flexibility index (Phi) is 18.4. The molecule has 6 N–H and O–H groups in total. The number of sulfone groups is 1. The minimum absolute atomic E-state index is 0.0000723. The molecule has 0 amide bonds. The van der Waals surface area contributed by atoms with Crippen LogP contribution in [-0.2, 0) is 71.7 Å². The summed E-state index contributed by atoms with van der Waals surface area (Å²) < 4.78 is 71.0. The fourth-order valence-corrected chi connectivity index (χ4v) is 11.4. The van der Waals surface area contributed by atoms with Crippen LogP contribution >= 0.6 is 0 Å². The molecule has 0 saturated heterocycles. The number of aliphatic hydroxyl groups is 1. The molecule has 2 aliphatic carbocycles. The molecule has 0 bridgehead atoms. The number of fused-ring (bicyclic) bond motifs is 2. The van der Waals surface area contributed by atoms with Gasteiger partial charge in [0, 0.05) is 80.4 Å². The van der Waals surface area contributed by atoms with Gasteiger partial charge in [0.25, 0.3) is 10.0 Å². The van der Waals surface area contributed by atoms with Crippen molar-refractivity contribution in [1.29, 1.82) is 0 Å². The van der Waals surface area contributed by atoms with Crippen molar-refractivity contribution in [3.63, 3.8) is 0 Å². The van der Waals surface area contributed by atoms with Crippen LogP contribution in [0.5, 0.6) is 23.0 Å². The number of hydrogen-bond acceptors (Lipinski definition) is 13. The van der Waals surface area contributed by atoms with E-state index in [1.807, 2.05) is 78.9 Å². The highest BCUT2D eigenvalue weighted by Gasteiger charge is 2.28. The van der Waals surface area contributed by atoms with Gasteiger partial charge in [0.1, 0.15) is 23.0 Å². The lowest BCUT2D eigenvalue weighted by Crippen LogP contribution is -2.30. The van der Waals surface area contributed by atoms with Crippen LogP contribution in [-0.4, -0.2) is 84.6 Å². The van der Waals surface area contributed by atoms with Crippen LogP contribution in [0.2, 0.25) is 0 Å². The van der Waals surface area contributed by atoms with Gasteiger partial charge in [-0.2, -0.15) is 14.5 Å². The molecular weight excluding hydrogens is 1010 g/mol. The first-order valence-electron chi connectivity index (χ1n) is 25.6. The summed E-state index contributed by atoms with van der Waals surface area (Å²) in [5, 5.41) is 26.4. The molecule has 0 aliphatic heterocycles. The van der Waals surface area contributed by atoms with E-state index in [1.165, 1.54) is 43.7 Å².